The second kappa shape index (κ2) is 8.25. The van der Waals surface area contributed by atoms with Gasteiger partial charge < -0.3 is 15.0 Å². The lowest BCUT2D eigenvalue weighted by atomic mass is 9.86. The molecule has 4 atom stereocenters. The first-order valence-electron chi connectivity index (χ1n) is 11.6. The van der Waals surface area contributed by atoms with Crippen molar-refractivity contribution in [3.63, 3.8) is 0 Å². The Kier molecular flexibility index (Phi) is 5.56. The van der Waals surface area contributed by atoms with Gasteiger partial charge in [-0.25, -0.2) is 4.39 Å². The summed E-state index contributed by atoms with van der Waals surface area (Å²) >= 11 is 0. The first-order chi connectivity index (χ1) is 15.3. The number of carbonyl (C=O) groups is 1. The molecule has 1 amide bonds. The number of hydrogen-bond donors (Lipinski definition) is 1. The van der Waals surface area contributed by atoms with Gasteiger partial charge in [-0.3, -0.25) is 9.69 Å². The lowest BCUT2D eigenvalue weighted by molar-refractivity contribution is -0.155. The number of halogens is 1. The molecule has 3 aliphatic rings. The minimum atomic E-state index is -0.473. The lowest BCUT2D eigenvalue weighted by Gasteiger charge is -2.51. The summed E-state index contributed by atoms with van der Waals surface area (Å²) in [5.41, 5.74) is 3.29. The van der Waals surface area contributed by atoms with Crippen LogP contribution in [-0.2, 0) is 16.0 Å². The highest BCUT2D eigenvalue weighted by Crippen LogP contribution is 2.37. The number of nitrogens with one attached hydrogen (secondary N) is 1. The lowest BCUT2D eigenvalue weighted by Crippen LogP contribution is -2.69. The third-order valence-corrected chi connectivity index (χ3v) is 7.22. The first kappa shape index (κ1) is 21.6. The quantitative estimate of drug-likeness (QED) is 0.784. The largest absolute Gasteiger partial charge is 0.367 e. The molecule has 0 bridgehead atoms. The molecular weight excluding hydrogens is 405 g/mol. The van der Waals surface area contributed by atoms with Crippen LogP contribution in [0.25, 0.3) is 0 Å². The Labute approximate surface area is 189 Å². The summed E-state index contributed by atoms with van der Waals surface area (Å²) in [5.74, 6) is -0.243. The molecule has 170 valence electrons. The molecule has 5 rings (SSSR count). The molecular formula is C26H32FN3O2. The van der Waals surface area contributed by atoms with Crippen LogP contribution in [0.2, 0.25) is 0 Å². The van der Waals surface area contributed by atoms with Crippen LogP contribution in [0.3, 0.4) is 0 Å². The van der Waals surface area contributed by atoms with Crippen molar-refractivity contribution in [2.45, 2.75) is 56.5 Å². The molecule has 3 heterocycles. The van der Waals surface area contributed by atoms with Crippen LogP contribution in [0, 0.1) is 5.82 Å². The topological polar surface area (TPSA) is 44.8 Å². The fourth-order valence-electron chi connectivity index (χ4n) is 5.83. The molecule has 2 aromatic carbocycles. The van der Waals surface area contributed by atoms with Gasteiger partial charge in [0, 0.05) is 30.7 Å². The normalized spacial score (nSPS) is 29.8. The van der Waals surface area contributed by atoms with Gasteiger partial charge in [-0.05, 0) is 62.6 Å². The van der Waals surface area contributed by atoms with Crippen molar-refractivity contribution in [1.29, 1.82) is 0 Å². The predicted octanol–water partition coefficient (Wildman–Crippen LogP) is 3.14. The van der Waals surface area contributed by atoms with Crippen molar-refractivity contribution in [3.8, 4) is 0 Å². The van der Waals surface area contributed by atoms with E-state index in [1.165, 1.54) is 17.7 Å². The molecule has 0 unspecified atom stereocenters. The van der Waals surface area contributed by atoms with Crippen LogP contribution in [0.5, 0.6) is 0 Å². The Morgan fingerprint density at radius 1 is 1.16 bits per heavy atom. The van der Waals surface area contributed by atoms with Crippen molar-refractivity contribution in [3.05, 3.63) is 71.0 Å². The van der Waals surface area contributed by atoms with E-state index in [-0.39, 0.29) is 35.4 Å². The number of nitrogens with zero attached hydrogens (tertiary/aromatic N) is 2. The van der Waals surface area contributed by atoms with E-state index in [0.29, 0.717) is 19.6 Å². The van der Waals surface area contributed by atoms with Crippen LogP contribution in [-0.4, -0.2) is 66.2 Å². The monoisotopic (exact) mass is 437 g/mol. The average molecular weight is 438 g/mol. The van der Waals surface area contributed by atoms with E-state index in [1.54, 1.807) is 12.1 Å². The van der Waals surface area contributed by atoms with Crippen LogP contribution in [0.1, 0.15) is 43.0 Å². The van der Waals surface area contributed by atoms with Crippen molar-refractivity contribution >= 4 is 5.91 Å². The number of piperazine rings is 1. The molecule has 5 nitrogen and oxygen atoms in total. The SMILES string of the molecule is CN1CC(C)(C)N[C@H]2C[C@H](C(=O)N3CCc4ccccc4[C@@H]3c3ccc(F)cc3)OC[C@@H]21. The van der Waals surface area contributed by atoms with E-state index >= 15 is 0 Å². The number of fused-ring (bicyclic) bond motifs is 2. The number of ether oxygens (including phenoxy) is 1. The fraction of sp³-hybridized carbons (Fsp3) is 0.500. The number of hydrogen-bond acceptors (Lipinski definition) is 4. The molecule has 2 aromatic rings. The van der Waals surface area contributed by atoms with Gasteiger partial charge in [0.25, 0.3) is 5.91 Å². The van der Waals surface area contributed by atoms with E-state index in [2.05, 4.69) is 43.2 Å². The standard InChI is InChI=1S/C26H32FN3O2/c1-26(2)16-29(3)22-15-32-23(14-21(22)28-26)25(31)30-13-12-17-6-4-5-7-20(17)24(30)18-8-10-19(27)11-9-18/h4-11,21-24,28H,12-16H2,1-3H3/t21-,22-,23+,24-/m0/s1. The minimum Gasteiger partial charge on any atom is -0.367 e. The van der Waals surface area contributed by atoms with E-state index in [0.717, 1.165) is 24.1 Å². The maximum absolute atomic E-state index is 13.8. The minimum absolute atomic E-state index is 0.00155. The fourth-order valence-corrected chi connectivity index (χ4v) is 5.83. The molecule has 0 saturated carbocycles. The molecule has 0 spiro atoms. The summed E-state index contributed by atoms with van der Waals surface area (Å²) in [6.45, 7) is 6.54. The summed E-state index contributed by atoms with van der Waals surface area (Å²) in [5, 5.41) is 3.74. The van der Waals surface area contributed by atoms with Gasteiger partial charge in [0.05, 0.1) is 12.6 Å². The van der Waals surface area contributed by atoms with Crippen LogP contribution < -0.4 is 5.32 Å². The van der Waals surface area contributed by atoms with Crippen LogP contribution in [0.15, 0.2) is 48.5 Å². The third-order valence-electron chi connectivity index (χ3n) is 7.22. The van der Waals surface area contributed by atoms with Gasteiger partial charge in [0.1, 0.15) is 11.9 Å². The summed E-state index contributed by atoms with van der Waals surface area (Å²) in [4.78, 5) is 18.1. The van der Waals surface area contributed by atoms with E-state index in [4.69, 9.17) is 4.74 Å². The van der Waals surface area contributed by atoms with Crippen molar-refractivity contribution in [1.82, 2.24) is 15.1 Å². The van der Waals surface area contributed by atoms with Crippen molar-refractivity contribution in [2.24, 2.45) is 0 Å². The van der Waals surface area contributed by atoms with Gasteiger partial charge in [0.15, 0.2) is 0 Å². The zero-order valence-corrected chi connectivity index (χ0v) is 19.1. The Morgan fingerprint density at radius 3 is 2.69 bits per heavy atom. The summed E-state index contributed by atoms with van der Waals surface area (Å²) < 4.78 is 19.8. The molecule has 1 N–H and O–H groups in total. The highest BCUT2D eigenvalue weighted by Gasteiger charge is 2.45. The Balaban J connectivity index is 1.43. The average Bonchev–Trinajstić information content (AvgIpc) is 2.77. The summed E-state index contributed by atoms with van der Waals surface area (Å²) in [6.07, 6.45) is 0.997. The van der Waals surface area contributed by atoms with Gasteiger partial charge in [-0.2, -0.15) is 0 Å². The maximum atomic E-state index is 13.8. The predicted molar refractivity (Wildman–Crippen MR) is 122 cm³/mol. The highest BCUT2D eigenvalue weighted by atomic mass is 19.1. The van der Waals surface area contributed by atoms with Gasteiger partial charge in [-0.1, -0.05) is 36.4 Å². The van der Waals surface area contributed by atoms with E-state index in [9.17, 15) is 9.18 Å². The zero-order valence-electron chi connectivity index (χ0n) is 19.1. The van der Waals surface area contributed by atoms with Crippen molar-refractivity contribution < 1.29 is 13.9 Å². The summed E-state index contributed by atoms with van der Waals surface area (Å²) in [7, 11) is 2.14. The smallest absolute Gasteiger partial charge is 0.252 e. The maximum Gasteiger partial charge on any atom is 0.252 e. The summed E-state index contributed by atoms with van der Waals surface area (Å²) in [6, 6.07) is 15.1. The Hall–Kier alpha value is -2.28. The molecule has 0 aromatic heterocycles. The number of amides is 1. The van der Waals surface area contributed by atoms with E-state index < -0.39 is 6.10 Å². The van der Waals surface area contributed by atoms with Crippen molar-refractivity contribution in [2.75, 3.05) is 26.7 Å². The molecule has 6 heteroatoms. The molecule has 3 aliphatic heterocycles. The highest BCUT2D eigenvalue weighted by molar-refractivity contribution is 5.82. The molecule has 2 saturated heterocycles. The van der Waals surface area contributed by atoms with Gasteiger partial charge >= 0.3 is 0 Å². The Bertz CT molecular complexity index is 993. The van der Waals surface area contributed by atoms with Gasteiger partial charge in [0.2, 0.25) is 0 Å². The number of rotatable bonds is 2. The molecule has 2 fully saturated rings. The zero-order chi connectivity index (χ0) is 22.5. The second-order valence-corrected chi connectivity index (χ2v) is 10.1. The number of carbonyl (C=O) groups excluding carboxylic acids is 1. The Morgan fingerprint density at radius 2 is 1.91 bits per heavy atom. The number of likely N-dealkylation sites (N-methyl/N-ethyl adjacent to an activating group) is 1. The first-order valence-corrected chi connectivity index (χ1v) is 11.6. The molecule has 0 radical (unpaired) electrons. The van der Waals surface area contributed by atoms with Crippen LogP contribution in [0.4, 0.5) is 4.39 Å². The molecule has 32 heavy (non-hydrogen) atoms. The molecule has 0 aliphatic carbocycles. The van der Waals surface area contributed by atoms with Gasteiger partial charge in [-0.15, -0.1) is 0 Å². The number of benzene rings is 2. The van der Waals surface area contributed by atoms with Crippen LogP contribution >= 0.6 is 0 Å². The second-order valence-electron chi connectivity index (χ2n) is 10.1. The van der Waals surface area contributed by atoms with E-state index in [1.807, 2.05) is 17.0 Å². The third kappa shape index (κ3) is 3.96.